The molecule has 110 valence electrons. The molecule has 0 aliphatic carbocycles. The van der Waals surface area contributed by atoms with Crippen molar-refractivity contribution in [3.8, 4) is 5.75 Å². The molecule has 0 saturated heterocycles. The van der Waals surface area contributed by atoms with Crippen LogP contribution in [0.15, 0.2) is 16.6 Å². The van der Waals surface area contributed by atoms with Crippen LogP contribution < -0.4 is 4.74 Å². The molecule has 2 nitrogen and oxygen atoms in total. The molecule has 1 aliphatic rings. The van der Waals surface area contributed by atoms with Crippen LogP contribution in [-0.2, 0) is 16.6 Å². The van der Waals surface area contributed by atoms with Gasteiger partial charge >= 0.3 is 6.18 Å². The Hall–Kier alpha value is -1.04. The second kappa shape index (κ2) is 5.06. The number of carbonyl (C=O) groups excluding carboxylic acids is 1. The fourth-order valence-electron chi connectivity index (χ4n) is 2.37. The second-order valence-electron chi connectivity index (χ2n) is 5.52. The quantitative estimate of drug-likeness (QED) is 0.817. The molecule has 0 fully saturated rings. The zero-order chi connectivity index (χ0) is 15.1. The molecule has 6 heteroatoms. The lowest BCUT2D eigenvalue weighted by Crippen LogP contribution is -2.31. The zero-order valence-corrected chi connectivity index (χ0v) is 12.7. The van der Waals surface area contributed by atoms with E-state index in [1.807, 2.05) is 6.07 Å². The Balaban J connectivity index is 2.37. The molecule has 0 spiro atoms. The number of fused-ring (bicyclic) bond motifs is 1. The summed E-state index contributed by atoms with van der Waals surface area (Å²) in [6, 6.07) is 3.63. The van der Waals surface area contributed by atoms with E-state index in [4.69, 9.17) is 4.74 Å². The number of hydrogen-bond acceptors (Lipinski definition) is 2. The van der Waals surface area contributed by atoms with Crippen molar-refractivity contribution in [2.45, 2.75) is 38.3 Å². The van der Waals surface area contributed by atoms with Gasteiger partial charge in [0.1, 0.15) is 5.75 Å². The third kappa shape index (κ3) is 3.00. The van der Waals surface area contributed by atoms with Gasteiger partial charge in [0.05, 0.1) is 6.61 Å². The van der Waals surface area contributed by atoms with Crippen LogP contribution in [-0.4, -0.2) is 18.6 Å². The standard InChI is InChI=1S/C14H14BrF3O2/c1-13(2,7-11(19)14(16,17)18)10-6-9(15)5-8-3-4-20-12(8)10/h5-6H,3-4,7H2,1-2H3. The topological polar surface area (TPSA) is 26.3 Å². The van der Waals surface area contributed by atoms with E-state index in [0.717, 1.165) is 16.5 Å². The molecule has 0 N–H and O–H groups in total. The molecular formula is C14H14BrF3O2. The van der Waals surface area contributed by atoms with Crippen LogP contribution in [0.2, 0.25) is 0 Å². The van der Waals surface area contributed by atoms with Gasteiger partial charge in [-0.2, -0.15) is 13.2 Å². The first kappa shape index (κ1) is 15.4. The molecule has 0 radical (unpaired) electrons. The summed E-state index contributed by atoms with van der Waals surface area (Å²) in [5.41, 5.74) is 0.657. The number of halogens is 4. The summed E-state index contributed by atoms with van der Waals surface area (Å²) in [5.74, 6) is -1.10. The number of benzene rings is 1. The van der Waals surface area contributed by atoms with Crippen molar-refractivity contribution < 1.29 is 22.7 Å². The summed E-state index contributed by atoms with van der Waals surface area (Å²) in [6.07, 6.45) is -4.67. The molecule has 1 aromatic carbocycles. The molecule has 2 rings (SSSR count). The average Bonchev–Trinajstić information content (AvgIpc) is 2.73. The average molecular weight is 351 g/mol. The van der Waals surface area contributed by atoms with E-state index in [1.54, 1.807) is 19.9 Å². The van der Waals surface area contributed by atoms with Crippen LogP contribution >= 0.6 is 15.9 Å². The molecule has 0 amide bonds. The zero-order valence-electron chi connectivity index (χ0n) is 11.1. The van der Waals surface area contributed by atoms with Crippen LogP contribution in [0.4, 0.5) is 13.2 Å². The largest absolute Gasteiger partial charge is 0.493 e. The minimum atomic E-state index is -4.80. The van der Waals surface area contributed by atoms with E-state index >= 15 is 0 Å². The number of rotatable bonds is 3. The lowest BCUT2D eigenvalue weighted by atomic mass is 9.79. The van der Waals surface area contributed by atoms with Gasteiger partial charge in [-0.3, -0.25) is 4.79 Å². The molecule has 0 aromatic heterocycles. The van der Waals surface area contributed by atoms with Crippen molar-refractivity contribution in [3.63, 3.8) is 0 Å². The highest BCUT2D eigenvalue weighted by atomic mass is 79.9. The fraction of sp³-hybridized carbons (Fsp3) is 0.500. The van der Waals surface area contributed by atoms with E-state index in [-0.39, 0.29) is 0 Å². The van der Waals surface area contributed by atoms with Gasteiger partial charge in [-0.1, -0.05) is 29.8 Å². The van der Waals surface area contributed by atoms with E-state index in [0.29, 0.717) is 17.9 Å². The summed E-state index contributed by atoms with van der Waals surface area (Å²) in [7, 11) is 0. The minimum absolute atomic E-state index is 0.516. The smallest absolute Gasteiger partial charge is 0.450 e. The van der Waals surface area contributed by atoms with Crippen molar-refractivity contribution in [2.24, 2.45) is 0 Å². The Labute approximate surface area is 123 Å². The van der Waals surface area contributed by atoms with Crippen LogP contribution in [0.25, 0.3) is 0 Å². The molecule has 0 saturated carbocycles. The Morgan fingerprint density at radius 3 is 2.60 bits per heavy atom. The Kier molecular flexibility index (Phi) is 3.88. The number of Topliss-reactive ketones (excluding diaryl/α,β-unsaturated/α-hetero) is 1. The molecule has 0 atom stereocenters. The Morgan fingerprint density at radius 2 is 2.00 bits per heavy atom. The maximum atomic E-state index is 12.5. The first-order valence-electron chi connectivity index (χ1n) is 6.17. The fourth-order valence-corrected chi connectivity index (χ4v) is 2.87. The van der Waals surface area contributed by atoms with Crippen LogP contribution in [0.1, 0.15) is 31.4 Å². The molecule has 1 heterocycles. The molecule has 20 heavy (non-hydrogen) atoms. The van der Waals surface area contributed by atoms with Gasteiger partial charge in [0, 0.05) is 28.3 Å². The van der Waals surface area contributed by atoms with Gasteiger partial charge in [-0.15, -0.1) is 0 Å². The van der Waals surface area contributed by atoms with Gasteiger partial charge in [0.2, 0.25) is 5.78 Å². The van der Waals surface area contributed by atoms with Crippen molar-refractivity contribution >= 4 is 21.7 Å². The predicted octanol–water partition coefficient (Wildman–Crippen LogP) is 4.18. The highest BCUT2D eigenvalue weighted by Gasteiger charge is 2.42. The lowest BCUT2D eigenvalue weighted by molar-refractivity contribution is -0.172. The Bertz CT molecular complexity index is 550. The second-order valence-corrected chi connectivity index (χ2v) is 6.44. The monoisotopic (exact) mass is 350 g/mol. The van der Waals surface area contributed by atoms with Crippen molar-refractivity contribution in [2.75, 3.05) is 6.61 Å². The third-order valence-electron chi connectivity index (χ3n) is 3.40. The van der Waals surface area contributed by atoms with E-state index < -0.39 is 23.8 Å². The first-order valence-corrected chi connectivity index (χ1v) is 6.96. The minimum Gasteiger partial charge on any atom is -0.493 e. The molecule has 1 aliphatic heterocycles. The number of alkyl halides is 3. The number of carbonyl (C=O) groups is 1. The van der Waals surface area contributed by atoms with Gasteiger partial charge in [0.15, 0.2) is 0 Å². The summed E-state index contributed by atoms with van der Waals surface area (Å²) in [4.78, 5) is 11.3. The third-order valence-corrected chi connectivity index (χ3v) is 3.85. The highest BCUT2D eigenvalue weighted by Crippen LogP contribution is 2.42. The van der Waals surface area contributed by atoms with E-state index in [1.165, 1.54) is 0 Å². The highest BCUT2D eigenvalue weighted by molar-refractivity contribution is 9.10. The van der Waals surface area contributed by atoms with Gasteiger partial charge in [-0.25, -0.2) is 0 Å². The van der Waals surface area contributed by atoms with Gasteiger partial charge < -0.3 is 4.74 Å². The van der Waals surface area contributed by atoms with Crippen molar-refractivity contribution in [1.82, 2.24) is 0 Å². The van der Waals surface area contributed by atoms with Gasteiger partial charge in [0.25, 0.3) is 0 Å². The SMILES string of the molecule is CC(C)(CC(=O)C(F)(F)F)c1cc(Br)cc2c1OCC2. The van der Waals surface area contributed by atoms with E-state index in [9.17, 15) is 18.0 Å². The van der Waals surface area contributed by atoms with Crippen LogP contribution in [0.5, 0.6) is 5.75 Å². The van der Waals surface area contributed by atoms with Crippen molar-refractivity contribution in [3.05, 3.63) is 27.7 Å². The maximum absolute atomic E-state index is 12.5. The number of hydrogen-bond donors (Lipinski definition) is 0. The summed E-state index contributed by atoms with van der Waals surface area (Å²) in [6.45, 7) is 3.77. The summed E-state index contributed by atoms with van der Waals surface area (Å²) >= 11 is 3.35. The first-order chi connectivity index (χ1) is 9.11. The molecule has 0 bridgehead atoms. The van der Waals surface area contributed by atoms with E-state index in [2.05, 4.69) is 15.9 Å². The van der Waals surface area contributed by atoms with Crippen LogP contribution in [0, 0.1) is 0 Å². The summed E-state index contributed by atoms with van der Waals surface area (Å²) < 4.78 is 43.7. The lowest BCUT2D eigenvalue weighted by Gasteiger charge is -2.27. The molecule has 0 unspecified atom stereocenters. The maximum Gasteiger partial charge on any atom is 0.450 e. The molecular weight excluding hydrogens is 337 g/mol. The predicted molar refractivity (Wildman–Crippen MR) is 72.0 cm³/mol. The van der Waals surface area contributed by atoms with Crippen molar-refractivity contribution in [1.29, 1.82) is 0 Å². The normalized spacial score (nSPS) is 14.9. The summed E-state index contributed by atoms with van der Waals surface area (Å²) in [5, 5.41) is 0. The number of ether oxygens (including phenoxy) is 1. The van der Waals surface area contributed by atoms with Crippen LogP contribution in [0.3, 0.4) is 0 Å². The van der Waals surface area contributed by atoms with Gasteiger partial charge in [-0.05, 0) is 17.7 Å². The molecule has 1 aromatic rings. The Morgan fingerprint density at radius 1 is 1.35 bits per heavy atom. The number of ketones is 1.